The Labute approximate surface area is 168 Å². The van der Waals surface area contributed by atoms with Crippen molar-refractivity contribution in [2.75, 3.05) is 10.6 Å². The summed E-state index contributed by atoms with van der Waals surface area (Å²) in [5.74, 6) is -0.279. The summed E-state index contributed by atoms with van der Waals surface area (Å²) < 4.78 is 0. The standard InChI is InChI=1S/C21H22N4O2S/c1-13-5-6-15(11-22-13)18(26)25-20-24-17(12-28-20)14-7-9-16(10-8-14)23-19(27)21(2,3)4/h5-12H,1-4H3,(H,23,27)(H,24,25,26). The first-order valence-corrected chi connectivity index (χ1v) is 9.72. The van der Waals surface area contributed by atoms with E-state index in [4.69, 9.17) is 0 Å². The van der Waals surface area contributed by atoms with Gasteiger partial charge in [0.2, 0.25) is 5.91 Å². The molecular weight excluding hydrogens is 372 g/mol. The first kappa shape index (κ1) is 19.7. The van der Waals surface area contributed by atoms with Gasteiger partial charge in [-0.3, -0.25) is 19.9 Å². The maximum absolute atomic E-state index is 12.3. The lowest BCUT2D eigenvalue weighted by molar-refractivity contribution is -0.123. The quantitative estimate of drug-likeness (QED) is 0.669. The highest BCUT2D eigenvalue weighted by molar-refractivity contribution is 7.14. The minimum Gasteiger partial charge on any atom is -0.326 e. The molecule has 0 unspecified atom stereocenters. The Morgan fingerprint density at radius 3 is 2.32 bits per heavy atom. The van der Waals surface area contributed by atoms with E-state index in [0.29, 0.717) is 10.7 Å². The molecule has 2 heterocycles. The van der Waals surface area contributed by atoms with Crippen molar-refractivity contribution in [2.24, 2.45) is 5.41 Å². The van der Waals surface area contributed by atoms with E-state index in [2.05, 4.69) is 20.6 Å². The molecule has 0 saturated heterocycles. The third-order valence-corrected chi connectivity index (χ3v) is 4.78. The monoisotopic (exact) mass is 394 g/mol. The summed E-state index contributed by atoms with van der Waals surface area (Å²) >= 11 is 1.36. The Morgan fingerprint density at radius 2 is 1.71 bits per heavy atom. The van der Waals surface area contributed by atoms with E-state index in [0.717, 1.165) is 22.6 Å². The summed E-state index contributed by atoms with van der Waals surface area (Å²) in [5.41, 5.74) is 3.29. The topological polar surface area (TPSA) is 84.0 Å². The molecule has 2 aromatic heterocycles. The maximum atomic E-state index is 12.3. The Balaban J connectivity index is 1.67. The number of rotatable bonds is 4. The van der Waals surface area contributed by atoms with Gasteiger partial charge in [-0.25, -0.2) is 4.98 Å². The van der Waals surface area contributed by atoms with E-state index < -0.39 is 5.41 Å². The van der Waals surface area contributed by atoms with Crippen LogP contribution in [0.4, 0.5) is 10.8 Å². The van der Waals surface area contributed by atoms with Crippen LogP contribution in [0.15, 0.2) is 48.0 Å². The van der Waals surface area contributed by atoms with Gasteiger partial charge in [-0.15, -0.1) is 11.3 Å². The fraction of sp³-hybridized carbons (Fsp3) is 0.238. The van der Waals surface area contributed by atoms with Crippen LogP contribution >= 0.6 is 11.3 Å². The van der Waals surface area contributed by atoms with Crippen LogP contribution in [-0.4, -0.2) is 21.8 Å². The van der Waals surface area contributed by atoms with Crippen LogP contribution in [0.1, 0.15) is 36.8 Å². The molecule has 28 heavy (non-hydrogen) atoms. The highest BCUT2D eigenvalue weighted by Gasteiger charge is 2.21. The van der Waals surface area contributed by atoms with Gasteiger partial charge in [-0.1, -0.05) is 32.9 Å². The van der Waals surface area contributed by atoms with Gasteiger partial charge in [0.05, 0.1) is 11.3 Å². The van der Waals surface area contributed by atoms with Crippen LogP contribution in [0.3, 0.4) is 0 Å². The molecule has 1 aromatic carbocycles. The van der Waals surface area contributed by atoms with Crippen molar-refractivity contribution >= 4 is 34.0 Å². The molecule has 144 valence electrons. The second kappa shape index (κ2) is 7.90. The van der Waals surface area contributed by atoms with Crippen LogP contribution in [-0.2, 0) is 4.79 Å². The van der Waals surface area contributed by atoms with E-state index in [1.54, 1.807) is 18.3 Å². The molecular formula is C21H22N4O2S. The lowest BCUT2D eigenvalue weighted by Crippen LogP contribution is -2.27. The van der Waals surface area contributed by atoms with Crippen molar-refractivity contribution in [1.29, 1.82) is 0 Å². The molecule has 2 N–H and O–H groups in total. The highest BCUT2D eigenvalue weighted by atomic mass is 32.1. The second-order valence-corrected chi connectivity index (χ2v) is 8.32. The number of anilines is 2. The number of carbonyl (C=O) groups is 2. The number of aryl methyl sites for hydroxylation is 1. The number of nitrogens with zero attached hydrogens (tertiary/aromatic N) is 2. The molecule has 2 amide bonds. The Kier molecular flexibility index (Phi) is 5.56. The fourth-order valence-corrected chi connectivity index (χ4v) is 2.99. The van der Waals surface area contributed by atoms with Gasteiger partial charge in [-0.05, 0) is 31.2 Å². The van der Waals surface area contributed by atoms with Gasteiger partial charge in [0.15, 0.2) is 5.13 Å². The zero-order valence-corrected chi connectivity index (χ0v) is 17.1. The molecule has 0 fully saturated rings. The van der Waals surface area contributed by atoms with E-state index in [-0.39, 0.29) is 11.8 Å². The molecule has 0 atom stereocenters. The molecule has 0 aliphatic heterocycles. The Morgan fingerprint density at radius 1 is 1.00 bits per heavy atom. The summed E-state index contributed by atoms with van der Waals surface area (Å²) in [7, 11) is 0. The van der Waals surface area contributed by atoms with Gasteiger partial charge in [0.1, 0.15) is 0 Å². The van der Waals surface area contributed by atoms with Crippen LogP contribution in [0.25, 0.3) is 11.3 Å². The zero-order chi connectivity index (χ0) is 20.3. The summed E-state index contributed by atoms with van der Waals surface area (Å²) in [5, 5.41) is 8.09. The molecule has 0 saturated carbocycles. The van der Waals surface area contributed by atoms with Crippen molar-refractivity contribution in [2.45, 2.75) is 27.7 Å². The number of hydrogen-bond acceptors (Lipinski definition) is 5. The number of pyridine rings is 1. The molecule has 6 nitrogen and oxygen atoms in total. The third kappa shape index (κ3) is 4.80. The van der Waals surface area contributed by atoms with Crippen LogP contribution in [0.2, 0.25) is 0 Å². The number of benzene rings is 1. The number of amides is 2. The summed E-state index contributed by atoms with van der Waals surface area (Å²) in [6.07, 6.45) is 1.55. The van der Waals surface area contributed by atoms with Crippen molar-refractivity contribution in [3.8, 4) is 11.3 Å². The number of hydrogen-bond donors (Lipinski definition) is 2. The Bertz CT molecular complexity index is 986. The first-order chi connectivity index (χ1) is 13.2. The van der Waals surface area contributed by atoms with Crippen molar-refractivity contribution in [3.63, 3.8) is 0 Å². The lowest BCUT2D eigenvalue weighted by Gasteiger charge is -2.17. The molecule has 7 heteroatoms. The van der Waals surface area contributed by atoms with E-state index in [9.17, 15) is 9.59 Å². The van der Waals surface area contributed by atoms with E-state index in [1.165, 1.54) is 11.3 Å². The minimum absolute atomic E-state index is 0.0375. The molecule has 0 bridgehead atoms. The van der Waals surface area contributed by atoms with Crippen molar-refractivity contribution in [1.82, 2.24) is 9.97 Å². The predicted octanol–water partition coefficient (Wildman–Crippen LogP) is 4.75. The molecule has 0 aliphatic carbocycles. The summed E-state index contributed by atoms with van der Waals surface area (Å²) in [6, 6.07) is 11.0. The van der Waals surface area contributed by atoms with Crippen molar-refractivity contribution < 1.29 is 9.59 Å². The number of thiazole rings is 1. The van der Waals surface area contributed by atoms with E-state index >= 15 is 0 Å². The fourth-order valence-electron chi connectivity index (χ4n) is 2.28. The molecule has 0 aliphatic rings. The van der Waals surface area contributed by atoms with Crippen LogP contribution in [0, 0.1) is 12.3 Å². The molecule has 3 rings (SSSR count). The van der Waals surface area contributed by atoms with Crippen LogP contribution in [0.5, 0.6) is 0 Å². The average Bonchev–Trinajstić information content (AvgIpc) is 3.10. The first-order valence-electron chi connectivity index (χ1n) is 8.84. The normalized spacial score (nSPS) is 11.1. The smallest absolute Gasteiger partial charge is 0.259 e. The number of carbonyl (C=O) groups excluding carboxylic acids is 2. The van der Waals surface area contributed by atoms with Gasteiger partial charge in [0.25, 0.3) is 5.91 Å². The zero-order valence-electron chi connectivity index (χ0n) is 16.2. The Hall–Kier alpha value is -3.06. The SMILES string of the molecule is Cc1ccc(C(=O)Nc2nc(-c3ccc(NC(=O)C(C)(C)C)cc3)cs2)cn1. The maximum Gasteiger partial charge on any atom is 0.259 e. The summed E-state index contributed by atoms with van der Waals surface area (Å²) in [4.78, 5) is 32.9. The van der Waals surface area contributed by atoms with Crippen molar-refractivity contribution in [3.05, 3.63) is 59.2 Å². The van der Waals surface area contributed by atoms with Gasteiger partial charge in [0, 0.05) is 33.9 Å². The largest absolute Gasteiger partial charge is 0.326 e. The second-order valence-electron chi connectivity index (χ2n) is 7.46. The van der Waals surface area contributed by atoms with Gasteiger partial charge in [-0.2, -0.15) is 0 Å². The number of aromatic nitrogens is 2. The molecule has 0 spiro atoms. The molecule has 0 radical (unpaired) electrons. The van der Waals surface area contributed by atoms with Gasteiger partial charge >= 0.3 is 0 Å². The van der Waals surface area contributed by atoms with Gasteiger partial charge < -0.3 is 5.32 Å². The lowest BCUT2D eigenvalue weighted by atomic mass is 9.95. The number of nitrogens with one attached hydrogen (secondary N) is 2. The summed E-state index contributed by atoms with van der Waals surface area (Å²) in [6.45, 7) is 7.48. The van der Waals surface area contributed by atoms with E-state index in [1.807, 2.05) is 57.3 Å². The highest BCUT2D eigenvalue weighted by Crippen LogP contribution is 2.27. The predicted molar refractivity (Wildman–Crippen MR) is 113 cm³/mol. The molecule has 3 aromatic rings. The van der Waals surface area contributed by atoms with Crippen LogP contribution < -0.4 is 10.6 Å². The average molecular weight is 395 g/mol. The minimum atomic E-state index is -0.451. The third-order valence-electron chi connectivity index (χ3n) is 4.02.